The molecule has 6 heteroatoms. The van der Waals surface area contributed by atoms with E-state index in [4.69, 9.17) is 10.5 Å². The smallest absolute Gasteiger partial charge is 0.258 e. The van der Waals surface area contributed by atoms with Crippen LogP contribution in [0.5, 0.6) is 0 Å². The van der Waals surface area contributed by atoms with Crippen molar-refractivity contribution in [1.82, 2.24) is 4.98 Å². The van der Waals surface area contributed by atoms with Crippen molar-refractivity contribution in [3.8, 4) is 10.4 Å². The third kappa shape index (κ3) is 2.66. The first kappa shape index (κ1) is 13.1. The van der Waals surface area contributed by atoms with Crippen LogP contribution in [0.1, 0.15) is 9.67 Å². The van der Waals surface area contributed by atoms with E-state index in [0.29, 0.717) is 4.88 Å². The second-order valence-corrected chi connectivity index (χ2v) is 5.62. The van der Waals surface area contributed by atoms with Crippen LogP contribution >= 0.6 is 11.3 Å². The molecule has 1 aliphatic heterocycles. The van der Waals surface area contributed by atoms with E-state index in [1.807, 2.05) is 24.4 Å². The molecule has 1 fully saturated rings. The number of amides is 1. The number of anilines is 1. The molecule has 2 aromatic rings. The van der Waals surface area contributed by atoms with E-state index >= 15 is 0 Å². The summed E-state index contributed by atoms with van der Waals surface area (Å²) in [5, 5.41) is 0. The van der Waals surface area contributed by atoms with Crippen molar-refractivity contribution < 1.29 is 9.53 Å². The van der Waals surface area contributed by atoms with Gasteiger partial charge >= 0.3 is 0 Å². The van der Waals surface area contributed by atoms with Gasteiger partial charge in [0.15, 0.2) is 0 Å². The Labute approximate surface area is 121 Å². The summed E-state index contributed by atoms with van der Waals surface area (Å²) in [5.41, 5.74) is 6.26. The number of thiophene rings is 1. The number of nitrogens with zero attached hydrogens (tertiary/aromatic N) is 2. The zero-order valence-electron chi connectivity index (χ0n) is 10.9. The van der Waals surface area contributed by atoms with Gasteiger partial charge in [-0.25, -0.2) is 4.98 Å². The Morgan fingerprint density at radius 1 is 1.25 bits per heavy atom. The summed E-state index contributed by atoms with van der Waals surface area (Å²) in [4.78, 5) is 19.4. The fourth-order valence-electron chi connectivity index (χ4n) is 2.14. The molecule has 1 amide bonds. The van der Waals surface area contributed by atoms with Gasteiger partial charge in [0.1, 0.15) is 5.82 Å². The molecule has 0 saturated carbocycles. The number of hydrogen-bond acceptors (Lipinski definition) is 5. The van der Waals surface area contributed by atoms with Gasteiger partial charge in [-0.2, -0.15) is 0 Å². The van der Waals surface area contributed by atoms with Crippen LogP contribution < -0.4 is 10.6 Å². The van der Waals surface area contributed by atoms with E-state index < -0.39 is 0 Å². The highest BCUT2D eigenvalue weighted by atomic mass is 32.1. The molecule has 1 saturated heterocycles. The molecule has 3 rings (SSSR count). The topological polar surface area (TPSA) is 68.5 Å². The summed E-state index contributed by atoms with van der Waals surface area (Å²) >= 11 is 1.39. The van der Waals surface area contributed by atoms with Gasteiger partial charge in [0.05, 0.1) is 18.1 Å². The molecule has 0 atom stereocenters. The largest absolute Gasteiger partial charge is 0.378 e. The average molecular weight is 289 g/mol. The first-order valence-corrected chi connectivity index (χ1v) is 7.24. The molecule has 104 valence electrons. The number of aromatic nitrogens is 1. The molecule has 3 heterocycles. The van der Waals surface area contributed by atoms with Crippen molar-refractivity contribution in [3.05, 3.63) is 35.3 Å². The second kappa shape index (κ2) is 5.60. The van der Waals surface area contributed by atoms with Gasteiger partial charge in [0.2, 0.25) is 0 Å². The SMILES string of the molecule is NC(=O)c1ccc(-c2ccc(N3CCOCC3)nc2)s1. The van der Waals surface area contributed by atoms with E-state index in [1.165, 1.54) is 11.3 Å². The average Bonchev–Trinajstić information content (AvgIpc) is 2.98. The monoisotopic (exact) mass is 289 g/mol. The molecule has 0 unspecified atom stereocenters. The number of carbonyl (C=O) groups excluding carboxylic acids is 1. The number of morpholine rings is 1. The van der Waals surface area contributed by atoms with Gasteiger partial charge in [0.25, 0.3) is 5.91 Å². The molecular weight excluding hydrogens is 274 g/mol. The van der Waals surface area contributed by atoms with Crippen molar-refractivity contribution in [1.29, 1.82) is 0 Å². The normalized spacial score (nSPS) is 15.3. The fourth-order valence-corrected chi connectivity index (χ4v) is 2.99. The lowest BCUT2D eigenvalue weighted by atomic mass is 10.2. The number of rotatable bonds is 3. The Morgan fingerprint density at radius 3 is 2.65 bits per heavy atom. The van der Waals surface area contributed by atoms with Crippen LogP contribution in [0.3, 0.4) is 0 Å². The van der Waals surface area contributed by atoms with E-state index in [0.717, 1.165) is 42.6 Å². The first-order valence-electron chi connectivity index (χ1n) is 6.43. The van der Waals surface area contributed by atoms with E-state index in [2.05, 4.69) is 9.88 Å². The Hall–Kier alpha value is -1.92. The van der Waals surface area contributed by atoms with Crippen LogP contribution in [-0.4, -0.2) is 37.2 Å². The minimum atomic E-state index is -0.390. The van der Waals surface area contributed by atoms with Crippen LogP contribution in [0.4, 0.5) is 5.82 Å². The number of primary amides is 1. The number of ether oxygens (including phenoxy) is 1. The summed E-state index contributed by atoms with van der Waals surface area (Å²) < 4.78 is 5.33. The highest BCUT2D eigenvalue weighted by molar-refractivity contribution is 7.17. The molecule has 2 N–H and O–H groups in total. The van der Waals surface area contributed by atoms with Crippen LogP contribution in [0.2, 0.25) is 0 Å². The van der Waals surface area contributed by atoms with Crippen LogP contribution in [-0.2, 0) is 4.74 Å². The third-order valence-electron chi connectivity index (χ3n) is 3.22. The maximum atomic E-state index is 11.1. The maximum Gasteiger partial charge on any atom is 0.258 e. The predicted molar refractivity (Wildman–Crippen MR) is 79.1 cm³/mol. The van der Waals surface area contributed by atoms with Crippen LogP contribution in [0.25, 0.3) is 10.4 Å². The summed E-state index contributed by atoms with van der Waals surface area (Å²) in [6, 6.07) is 7.67. The lowest BCUT2D eigenvalue weighted by Crippen LogP contribution is -2.36. The van der Waals surface area contributed by atoms with Crippen molar-refractivity contribution in [3.63, 3.8) is 0 Å². The molecule has 0 aromatic carbocycles. The zero-order valence-corrected chi connectivity index (χ0v) is 11.7. The minimum Gasteiger partial charge on any atom is -0.378 e. The molecule has 0 spiro atoms. The van der Waals surface area contributed by atoms with Gasteiger partial charge < -0.3 is 15.4 Å². The number of carbonyl (C=O) groups is 1. The van der Waals surface area contributed by atoms with Gasteiger partial charge in [-0.1, -0.05) is 0 Å². The minimum absolute atomic E-state index is 0.390. The highest BCUT2D eigenvalue weighted by Gasteiger charge is 2.13. The molecule has 20 heavy (non-hydrogen) atoms. The predicted octanol–water partition coefficient (Wildman–Crippen LogP) is 1.75. The lowest BCUT2D eigenvalue weighted by molar-refractivity contribution is 0.100. The van der Waals surface area contributed by atoms with Crippen molar-refractivity contribution in [2.24, 2.45) is 5.73 Å². The first-order chi connectivity index (χ1) is 9.74. The van der Waals surface area contributed by atoms with E-state index in [-0.39, 0.29) is 5.91 Å². The molecule has 0 aliphatic carbocycles. The highest BCUT2D eigenvalue weighted by Crippen LogP contribution is 2.28. The Kier molecular flexibility index (Phi) is 3.66. The third-order valence-corrected chi connectivity index (χ3v) is 4.37. The lowest BCUT2D eigenvalue weighted by Gasteiger charge is -2.27. The molecule has 2 aromatic heterocycles. The molecule has 0 bridgehead atoms. The quantitative estimate of drug-likeness (QED) is 0.934. The van der Waals surface area contributed by atoms with Crippen LogP contribution in [0.15, 0.2) is 30.5 Å². The van der Waals surface area contributed by atoms with Crippen molar-refractivity contribution in [2.45, 2.75) is 0 Å². The van der Waals surface area contributed by atoms with Crippen LogP contribution in [0, 0.1) is 0 Å². The number of pyridine rings is 1. The number of hydrogen-bond donors (Lipinski definition) is 1. The Balaban J connectivity index is 1.79. The molecule has 1 aliphatic rings. The summed E-state index contributed by atoms with van der Waals surface area (Å²) in [6.07, 6.45) is 1.83. The van der Waals surface area contributed by atoms with Gasteiger partial charge in [-0.3, -0.25) is 4.79 Å². The second-order valence-electron chi connectivity index (χ2n) is 4.53. The van der Waals surface area contributed by atoms with E-state index in [9.17, 15) is 4.79 Å². The van der Waals surface area contributed by atoms with Gasteiger partial charge in [-0.05, 0) is 24.3 Å². The summed E-state index contributed by atoms with van der Waals surface area (Å²) in [6.45, 7) is 3.24. The standard InChI is InChI=1S/C14H15N3O2S/c15-14(18)12-3-2-11(20-12)10-1-4-13(16-9-10)17-5-7-19-8-6-17/h1-4,9H,5-8H2,(H2,15,18). The molecular formula is C14H15N3O2S. The van der Waals surface area contributed by atoms with Crippen molar-refractivity contribution in [2.75, 3.05) is 31.2 Å². The molecule has 5 nitrogen and oxygen atoms in total. The Morgan fingerprint density at radius 2 is 2.05 bits per heavy atom. The zero-order chi connectivity index (χ0) is 13.9. The van der Waals surface area contributed by atoms with Gasteiger partial charge in [-0.15, -0.1) is 11.3 Å². The summed E-state index contributed by atoms with van der Waals surface area (Å²) in [7, 11) is 0. The van der Waals surface area contributed by atoms with E-state index in [1.54, 1.807) is 6.07 Å². The Bertz CT molecular complexity index is 603. The van der Waals surface area contributed by atoms with Gasteiger partial charge in [0, 0.05) is 29.7 Å². The number of nitrogens with two attached hydrogens (primary N) is 1. The summed E-state index contributed by atoms with van der Waals surface area (Å²) in [5.74, 6) is 0.572. The van der Waals surface area contributed by atoms with Crippen molar-refractivity contribution >= 4 is 23.1 Å². The fraction of sp³-hybridized carbons (Fsp3) is 0.286. The molecule has 0 radical (unpaired) electrons. The maximum absolute atomic E-state index is 11.1.